The number of nitriles is 1. The second kappa shape index (κ2) is 6.82. The smallest absolute Gasteiger partial charge is 0.132 e. The van der Waals surface area contributed by atoms with Gasteiger partial charge in [0.25, 0.3) is 0 Å². The number of nitrogens with zero attached hydrogens (tertiary/aromatic N) is 1. The highest BCUT2D eigenvalue weighted by molar-refractivity contribution is 5.45. The Morgan fingerprint density at radius 3 is 2.29 bits per heavy atom. The van der Waals surface area contributed by atoms with Crippen LogP contribution in [0.15, 0.2) is 42.5 Å². The Labute approximate surface area is 121 Å². The van der Waals surface area contributed by atoms with E-state index in [4.69, 9.17) is 5.26 Å². The van der Waals surface area contributed by atoms with E-state index in [2.05, 4.69) is 5.32 Å². The van der Waals surface area contributed by atoms with Crippen LogP contribution in [-0.2, 0) is 6.42 Å². The molecule has 2 rings (SSSR count). The van der Waals surface area contributed by atoms with Crippen molar-refractivity contribution in [2.45, 2.75) is 12.5 Å². The molecule has 21 heavy (non-hydrogen) atoms. The summed E-state index contributed by atoms with van der Waals surface area (Å²) in [5, 5.41) is 21.4. The SMILES string of the molecule is N#CCc1ccc(NCC(O)c2c(F)cccc2F)cc1. The van der Waals surface area contributed by atoms with Crippen LogP contribution in [0.2, 0.25) is 0 Å². The van der Waals surface area contributed by atoms with Crippen LogP contribution in [0.5, 0.6) is 0 Å². The number of hydrogen-bond acceptors (Lipinski definition) is 3. The van der Waals surface area contributed by atoms with Gasteiger partial charge in [-0.15, -0.1) is 0 Å². The summed E-state index contributed by atoms with van der Waals surface area (Å²) < 4.78 is 27.0. The van der Waals surface area contributed by atoms with Crippen molar-refractivity contribution in [1.82, 2.24) is 0 Å². The van der Waals surface area contributed by atoms with Crippen LogP contribution in [0, 0.1) is 23.0 Å². The summed E-state index contributed by atoms with van der Waals surface area (Å²) in [4.78, 5) is 0. The zero-order valence-corrected chi connectivity index (χ0v) is 11.2. The Morgan fingerprint density at radius 1 is 1.10 bits per heavy atom. The first-order chi connectivity index (χ1) is 10.1. The molecule has 0 aliphatic heterocycles. The highest BCUT2D eigenvalue weighted by atomic mass is 19.1. The highest BCUT2D eigenvalue weighted by Gasteiger charge is 2.17. The van der Waals surface area contributed by atoms with Gasteiger partial charge in [0.2, 0.25) is 0 Å². The molecule has 0 saturated heterocycles. The Kier molecular flexibility index (Phi) is 4.85. The van der Waals surface area contributed by atoms with E-state index in [0.29, 0.717) is 12.1 Å². The second-order valence-electron chi connectivity index (χ2n) is 4.56. The fourth-order valence-electron chi connectivity index (χ4n) is 1.98. The summed E-state index contributed by atoms with van der Waals surface area (Å²) >= 11 is 0. The lowest BCUT2D eigenvalue weighted by Crippen LogP contribution is -2.15. The average Bonchev–Trinajstić information content (AvgIpc) is 2.47. The first-order valence-electron chi connectivity index (χ1n) is 6.43. The third-order valence-corrected chi connectivity index (χ3v) is 3.07. The molecule has 0 saturated carbocycles. The molecule has 3 nitrogen and oxygen atoms in total. The third kappa shape index (κ3) is 3.77. The number of benzene rings is 2. The Bertz CT molecular complexity index is 630. The van der Waals surface area contributed by atoms with E-state index in [1.165, 1.54) is 6.07 Å². The molecular formula is C16H14F2N2O. The number of nitrogens with one attached hydrogen (secondary N) is 1. The van der Waals surface area contributed by atoms with Crippen molar-refractivity contribution < 1.29 is 13.9 Å². The van der Waals surface area contributed by atoms with Crippen molar-refractivity contribution in [2.24, 2.45) is 0 Å². The number of anilines is 1. The molecule has 108 valence electrons. The van der Waals surface area contributed by atoms with Crippen molar-refractivity contribution in [3.8, 4) is 6.07 Å². The summed E-state index contributed by atoms with van der Waals surface area (Å²) in [5.41, 5.74) is 1.24. The lowest BCUT2D eigenvalue weighted by molar-refractivity contribution is 0.181. The maximum absolute atomic E-state index is 13.5. The van der Waals surface area contributed by atoms with Gasteiger partial charge < -0.3 is 10.4 Å². The van der Waals surface area contributed by atoms with Gasteiger partial charge >= 0.3 is 0 Å². The Morgan fingerprint density at radius 2 is 1.71 bits per heavy atom. The Hall–Kier alpha value is -2.45. The van der Waals surface area contributed by atoms with Gasteiger partial charge in [-0.25, -0.2) is 8.78 Å². The molecule has 1 unspecified atom stereocenters. The molecule has 0 fully saturated rings. The van der Waals surface area contributed by atoms with Gasteiger partial charge in [-0.3, -0.25) is 0 Å². The predicted octanol–water partition coefficient (Wildman–Crippen LogP) is 3.18. The van der Waals surface area contributed by atoms with E-state index in [0.717, 1.165) is 17.7 Å². The molecule has 0 radical (unpaired) electrons. The van der Waals surface area contributed by atoms with Gasteiger partial charge in [-0.05, 0) is 29.8 Å². The minimum absolute atomic E-state index is 0.0184. The van der Waals surface area contributed by atoms with Crippen molar-refractivity contribution in [3.05, 3.63) is 65.2 Å². The van der Waals surface area contributed by atoms with Crippen molar-refractivity contribution in [3.63, 3.8) is 0 Å². The van der Waals surface area contributed by atoms with Crippen LogP contribution in [0.1, 0.15) is 17.2 Å². The molecular weight excluding hydrogens is 274 g/mol. The molecule has 0 aliphatic carbocycles. The number of aliphatic hydroxyl groups excluding tert-OH is 1. The van der Waals surface area contributed by atoms with Gasteiger partial charge in [-0.2, -0.15) is 5.26 Å². The highest BCUT2D eigenvalue weighted by Crippen LogP contribution is 2.21. The maximum atomic E-state index is 13.5. The minimum atomic E-state index is -1.29. The molecule has 0 amide bonds. The van der Waals surface area contributed by atoms with Gasteiger partial charge in [0.15, 0.2) is 0 Å². The normalized spacial score (nSPS) is 11.7. The predicted molar refractivity (Wildman–Crippen MR) is 75.6 cm³/mol. The van der Waals surface area contributed by atoms with E-state index in [-0.39, 0.29) is 12.1 Å². The zero-order chi connectivity index (χ0) is 15.2. The van der Waals surface area contributed by atoms with Crippen LogP contribution in [0.25, 0.3) is 0 Å². The maximum Gasteiger partial charge on any atom is 0.132 e. The Balaban J connectivity index is 2.01. The third-order valence-electron chi connectivity index (χ3n) is 3.07. The van der Waals surface area contributed by atoms with Crippen molar-refractivity contribution in [2.75, 3.05) is 11.9 Å². The molecule has 0 aliphatic rings. The molecule has 1 atom stereocenters. The van der Waals surface area contributed by atoms with Gasteiger partial charge in [-0.1, -0.05) is 18.2 Å². The quantitative estimate of drug-likeness (QED) is 0.888. The molecule has 2 N–H and O–H groups in total. The van der Waals surface area contributed by atoms with Crippen molar-refractivity contribution >= 4 is 5.69 Å². The van der Waals surface area contributed by atoms with E-state index < -0.39 is 17.7 Å². The first-order valence-corrected chi connectivity index (χ1v) is 6.43. The average molecular weight is 288 g/mol. The molecule has 0 bridgehead atoms. The summed E-state index contributed by atoms with van der Waals surface area (Å²) in [7, 11) is 0. The zero-order valence-electron chi connectivity index (χ0n) is 11.2. The van der Waals surface area contributed by atoms with E-state index in [1.807, 2.05) is 6.07 Å². The lowest BCUT2D eigenvalue weighted by atomic mass is 10.1. The van der Waals surface area contributed by atoms with Crippen LogP contribution in [0.3, 0.4) is 0 Å². The van der Waals surface area contributed by atoms with E-state index in [1.54, 1.807) is 24.3 Å². The van der Waals surface area contributed by atoms with E-state index >= 15 is 0 Å². The molecule has 0 aromatic heterocycles. The molecule has 2 aromatic rings. The number of aliphatic hydroxyl groups is 1. The lowest BCUT2D eigenvalue weighted by Gasteiger charge is -2.14. The molecule has 2 aromatic carbocycles. The summed E-state index contributed by atoms with van der Waals surface area (Å²) in [5.74, 6) is -1.54. The van der Waals surface area contributed by atoms with Crippen molar-refractivity contribution in [1.29, 1.82) is 5.26 Å². The van der Waals surface area contributed by atoms with Gasteiger partial charge in [0, 0.05) is 12.2 Å². The molecule has 0 spiro atoms. The summed E-state index contributed by atoms with van der Waals surface area (Å²) in [6.07, 6.45) is -0.964. The fourth-order valence-corrected chi connectivity index (χ4v) is 1.98. The van der Waals surface area contributed by atoms with Gasteiger partial charge in [0.05, 0.1) is 18.1 Å². The van der Waals surface area contributed by atoms with Crippen LogP contribution in [-0.4, -0.2) is 11.7 Å². The van der Waals surface area contributed by atoms with Crippen LogP contribution >= 0.6 is 0 Å². The van der Waals surface area contributed by atoms with E-state index in [9.17, 15) is 13.9 Å². The summed E-state index contributed by atoms with van der Waals surface area (Å²) in [6.45, 7) is -0.0184. The number of hydrogen-bond donors (Lipinski definition) is 2. The standard InChI is InChI=1S/C16H14F2N2O/c17-13-2-1-3-14(18)16(13)15(21)10-20-12-6-4-11(5-7-12)8-9-19/h1-7,15,20-21H,8,10H2. The number of rotatable bonds is 5. The number of halogens is 2. The fraction of sp³-hybridized carbons (Fsp3) is 0.188. The second-order valence-corrected chi connectivity index (χ2v) is 4.56. The van der Waals surface area contributed by atoms with Gasteiger partial charge in [0.1, 0.15) is 17.7 Å². The first kappa shape index (κ1) is 14.9. The largest absolute Gasteiger partial charge is 0.386 e. The molecule has 5 heteroatoms. The minimum Gasteiger partial charge on any atom is -0.386 e. The topological polar surface area (TPSA) is 56.0 Å². The van der Waals surface area contributed by atoms with Crippen LogP contribution in [0.4, 0.5) is 14.5 Å². The summed E-state index contributed by atoms with van der Waals surface area (Å²) in [6, 6.07) is 12.6. The molecule has 0 heterocycles. The van der Waals surface area contributed by atoms with Crippen LogP contribution < -0.4 is 5.32 Å². The monoisotopic (exact) mass is 288 g/mol.